The second kappa shape index (κ2) is 5.01. The zero-order chi connectivity index (χ0) is 16.0. The summed E-state index contributed by atoms with van der Waals surface area (Å²) in [6.07, 6.45) is 3.40. The van der Waals surface area contributed by atoms with Crippen LogP contribution in [0.4, 0.5) is 10.1 Å². The molecule has 0 aliphatic heterocycles. The molecule has 0 bridgehead atoms. The Morgan fingerprint density at radius 1 is 1.04 bits per heavy atom. The maximum atomic E-state index is 12.9. The number of nitrogens with zero attached hydrogens (tertiary/aromatic N) is 5. The second-order valence-electron chi connectivity index (χ2n) is 5.53. The lowest BCUT2D eigenvalue weighted by Crippen LogP contribution is -2.08. The van der Waals surface area contributed by atoms with Gasteiger partial charge in [0.1, 0.15) is 0 Å². The Balaban J connectivity index is 1.89. The van der Waals surface area contributed by atoms with Crippen LogP contribution < -0.4 is 4.90 Å². The highest BCUT2D eigenvalue weighted by molar-refractivity contribution is 5.83. The molecule has 0 aliphatic carbocycles. The van der Waals surface area contributed by atoms with Crippen LogP contribution in [0.15, 0.2) is 48.8 Å². The van der Waals surface area contributed by atoms with Crippen LogP contribution in [0.5, 0.6) is 0 Å². The van der Waals surface area contributed by atoms with Gasteiger partial charge in [-0.25, -0.2) is 15.0 Å². The summed E-state index contributed by atoms with van der Waals surface area (Å²) < 4.78 is 14.9. The van der Waals surface area contributed by atoms with Crippen molar-refractivity contribution < 1.29 is 4.39 Å². The van der Waals surface area contributed by atoms with Crippen molar-refractivity contribution in [2.75, 3.05) is 19.0 Å². The highest BCUT2D eigenvalue weighted by atomic mass is 19.1. The number of halogens is 1. The van der Waals surface area contributed by atoms with Crippen molar-refractivity contribution in [2.24, 2.45) is 0 Å². The molecule has 6 heteroatoms. The van der Waals surface area contributed by atoms with Crippen molar-refractivity contribution in [3.63, 3.8) is 0 Å². The molecule has 5 nitrogen and oxygen atoms in total. The third-order valence-electron chi connectivity index (χ3n) is 3.80. The summed E-state index contributed by atoms with van der Waals surface area (Å²) in [5, 5.41) is 0. The first-order valence-corrected chi connectivity index (χ1v) is 7.20. The quantitative estimate of drug-likeness (QED) is 0.534. The zero-order valence-electron chi connectivity index (χ0n) is 12.7. The van der Waals surface area contributed by atoms with Gasteiger partial charge in [-0.15, -0.1) is 0 Å². The molecule has 0 unspecified atom stereocenters. The van der Waals surface area contributed by atoms with Gasteiger partial charge in [0.25, 0.3) is 0 Å². The highest BCUT2D eigenvalue weighted by Gasteiger charge is 2.09. The third-order valence-corrected chi connectivity index (χ3v) is 3.80. The Labute approximate surface area is 132 Å². The molecule has 4 rings (SSSR count). The van der Waals surface area contributed by atoms with Crippen LogP contribution in [-0.4, -0.2) is 33.4 Å². The van der Waals surface area contributed by atoms with E-state index in [2.05, 4.69) is 21.0 Å². The van der Waals surface area contributed by atoms with Crippen LogP contribution in [0.3, 0.4) is 0 Å². The number of benzene rings is 1. The van der Waals surface area contributed by atoms with Gasteiger partial charge in [-0.2, -0.15) is 4.39 Å². The predicted octanol–water partition coefficient (Wildman–Crippen LogP) is 3.15. The van der Waals surface area contributed by atoms with Crippen molar-refractivity contribution >= 4 is 22.5 Å². The maximum absolute atomic E-state index is 12.9. The number of rotatable bonds is 2. The molecule has 0 saturated carbocycles. The van der Waals surface area contributed by atoms with E-state index in [4.69, 9.17) is 0 Å². The van der Waals surface area contributed by atoms with Gasteiger partial charge in [-0.1, -0.05) is 0 Å². The van der Waals surface area contributed by atoms with E-state index in [0.29, 0.717) is 11.5 Å². The summed E-state index contributed by atoms with van der Waals surface area (Å²) in [7, 11) is 4.00. The second-order valence-corrected chi connectivity index (χ2v) is 5.53. The number of pyridine rings is 1. The zero-order valence-corrected chi connectivity index (χ0v) is 12.7. The van der Waals surface area contributed by atoms with Gasteiger partial charge in [-0.3, -0.25) is 4.40 Å². The molecule has 0 N–H and O–H groups in total. The number of anilines is 1. The fraction of sp³-hybridized carbons (Fsp3) is 0.118. The number of fused-ring (bicyclic) bond motifs is 3. The molecule has 1 aromatic carbocycles. The van der Waals surface area contributed by atoms with Gasteiger partial charge >= 0.3 is 0 Å². The minimum absolute atomic E-state index is 0.502. The van der Waals surface area contributed by atoms with Crippen molar-refractivity contribution in [3.05, 3.63) is 54.7 Å². The first kappa shape index (κ1) is 13.6. The molecule has 114 valence electrons. The van der Waals surface area contributed by atoms with Crippen LogP contribution in [0.2, 0.25) is 0 Å². The molecule has 0 aliphatic rings. The van der Waals surface area contributed by atoms with Crippen molar-refractivity contribution in [2.45, 2.75) is 0 Å². The molecule has 0 radical (unpaired) electrons. The Kier molecular flexibility index (Phi) is 2.97. The van der Waals surface area contributed by atoms with E-state index in [1.54, 1.807) is 6.07 Å². The molecular weight excluding hydrogens is 293 g/mol. The molecule has 0 saturated heterocycles. The Morgan fingerprint density at radius 2 is 1.91 bits per heavy atom. The van der Waals surface area contributed by atoms with Gasteiger partial charge in [0.15, 0.2) is 0 Å². The number of imidazole rings is 1. The fourth-order valence-electron chi connectivity index (χ4n) is 2.55. The average Bonchev–Trinajstić information content (AvgIpc) is 2.92. The summed E-state index contributed by atoms with van der Waals surface area (Å²) >= 11 is 0. The molecule has 3 heterocycles. The molecule has 3 aromatic heterocycles. The number of aromatic nitrogens is 4. The summed E-state index contributed by atoms with van der Waals surface area (Å²) in [5.74, 6) is 0.107. The Morgan fingerprint density at radius 3 is 2.65 bits per heavy atom. The average molecular weight is 307 g/mol. The minimum Gasteiger partial charge on any atom is -0.378 e. The van der Waals surface area contributed by atoms with Gasteiger partial charge in [-0.05, 0) is 36.4 Å². The normalized spacial score (nSPS) is 11.3. The predicted molar refractivity (Wildman–Crippen MR) is 88.0 cm³/mol. The van der Waals surface area contributed by atoms with E-state index < -0.39 is 5.95 Å². The Hall–Kier alpha value is -3.02. The third kappa shape index (κ3) is 2.28. The van der Waals surface area contributed by atoms with Crippen molar-refractivity contribution in [1.82, 2.24) is 19.4 Å². The molecule has 0 atom stereocenters. The number of hydrogen-bond acceptors (Lipinski definition) is 4. The molecule has 23 heavy (non-hydrogen) atoms. The first-order chi connectivity index (χ1) is 11.1. The molecule has 4 aromatic rings. The summed E-state index contributed by atoms with van der Waals surface area (Å²) in [4.78, 5) is 14.8. The van der Waals surface area contributed by atoms with Gasteiger partial charge in [0.2, 0.25) is 11.7 Å². The summed E-state index contributed by atoms with van der Waals surface area (Å²) in [6.45, 7) is 0. The van der Waals surface area contributed by atoms with Crippen LogP contribution in [0, 0.1) is 5.95 Å². The van der Waals surface area contributed by atoms with E-state index in [-0.39, 0.29) is 0 Å². The maximum Gasteiger partial charge on any atom is 0.235 e. The SMILES string of the molecule is CN(C)c1ccc2nc3nc(-c4ccc(F)nc4)ccn3c2c1. The lowest BCUT2D eigenvalue weighted by molar-refractivity contribution is 0.584. The van der Waals surface area contributed by atoms with E-state index >= 15 is 0 Å². The van der Waals surface area contributed by atoms with E-state index in [9.17, 15) is 4.39 Å². The van der Waals surface area contributed by atoms with E-state index in [1.165, 1.54) is 12.3 Å². The van der Waals surface area contributed by atoms with Crippen LogP contribution >= 0.6 is 0 Å². The summed E-state index contributed by atoms with van der Waals surface area (Å²) in [6, 6.07) is 11.0. The summed E-state index contributed by atoms with van der Waals surface area (Å²) in [5.41, 5.74) is 4.47. The standard InChI is InChI=1S/C17H14FN5/c1-22(2)12-4-5-14-15(9-12)23-8-7-13(20-17(23)21-14)11-3-6-16(18)19-10-11/h3-10H,1-2H3. The van der Waals surface area contributed by atoms with E-state index in [0.717, 1.165) is 22.3 Å². The largest absolute Gasteiger partial charge is 0.378 e. The fourth-order valence-corrected chi connectivity index (χ4v) is 2.55. The van der Waals surface area contributed by atoms with Crippen LogP contribution in [-0.2, 0) is 0 Å². The molecule has 0 fully saturated rings. The smallest absolute Gasteiger partial charge is 0.235 e. The van der Waals surface area contributed by atoms with E-state index in [1.807, 2.05) is 47.8 Å². The lowest BCUT2D eigenvalue weighted by Gasteiger charge is -2.11. The van der Waals surface area contributed by atoms with Crippen LogP contribution in [0.25, 0.3) is 28.1 Å². The Bertz CT molecular complexity index is 1000. The highest BCUT2D eigenvalue weighted by Crippen LogP contribution is 2.23. The van der Waals surface area contributed by atoms with Crippen molar-refractivity contribution in [3.8, 4) is 11.3 Å². The lowest BCUT2D eigenvalue weighted by atomic mass is 10.2. The van der Waals surface area contributed by atoms with Gasteiger partial charge in [0, 0.05) is 37.7 Å². The van der Waals surface area contributed by atoms with Gasteiger partial charge < -0.3 is 4.90 Å². The molecule has 0 spiro atoms. The topological polar surface area (TPSA) is 46.3 Å². The molecule has 0 amide bonds. The monoisotopic (exact) mass is 307 g/mol. The number of hydrogen-bond donors (Lipinski definition) is 0. The van der Waals surface area contributed by atoms with Crippen LogP contribution in [0.1, 0.15) is 0 Å². The first-order valence-electron chi connectivity index (χ1n) is 7.20. The van der Waals surface area contributed by atoms with Crippen molar-refractivity contribution in [1.29, 1.82) is 0 Å². The minimum atomic E-state index is -0.502. The molecular formula is C17H14FN5. The van der Waals surface area contributed by atoms with Gasteiger partial charge in [0.05, 0.1) is 16.7 Å².